The Morgan fingerprint density at radius 1 is 1.14 bits per heavy atom. The van der Waals surface area contributed by atoms with Crippen molar-refractivity contribution in [1.29, 1.82) is 0 Å². The van der Waals surface area contributed by atoms with Gasteiger partial charge >= 0.3 is 0 Å². The van der Waals surface area contributed by atoms with Crippen LogP contribution in [0.1, 0.15) is 18.9 Å². The number of rotatable bonds is 7. The summed E-state index contributed by atoms with van der Waals surface area (Å²) in [5.74, 6) is 0. The highest BCUT2D eigenvalue weighted by molar-refractivity contribution is 7.92. The van der Waals surface area contributed by atoms with Gasteiger partial charge in [0.2, 0.25) is 0 Å². The quantitative estimate of drug-likeness (QED) is 0.771. The molecule has 0 spiro atoms. The Kier molecular flexibility index (Phi) is 5.30. The third kappa shape index (κ3) is 4.27. The molecular weight excluding hydrogens is 286 g/mol. The van der Waals surface area contributed by atoms with E-state index in [0.29, 0.717) is 12.2 Å². The van der Waals surface area contributed by atoms with Gasteiger partial charge in [-0.25, -0.2) is 8.42 Å². The number of pyridine rings is 1. The highest BCUT2D eigenvalue weighted by Crippen LogP contribution is 2.19. The Morgan fingerprint density at radius 2 is 1.95 bits per heavy atom. The lowest BCUT2D eigenvalue weighted by Crippen LogP contribution is -2.19. The van der Waals surface area contributed by atoms with Crippen molar-refractivity contribution in [3.63, 3.8) is 0 Å². The van der Waals surface area contributed by atoms with E-state index >= 15 is 0 Å². The summed E-state index contributed by atoms with van der Waals surface area (Å²) in [6, 6.07) is 10.4. The van der Waals surface area contributed by atoms with Crippen LogP contribution in [0.15, 0.2) is 53.7 Å². The fourth-order valence-electron chi connectivity index (χ4n) is 1.95. The van der Waals surface area contributed by atoms with Crippen molar-refractivity contribution >= 4 is 15.7 Å². The standard InChI is InChI=1S/C15H19N3O2S/c1-2-9-16-11-13-6-3-4-8-15(13)21(19,20)18-14-7-5-10-17-12-14/h3-8,10,12,16,18H,2,9,11H2,1H3. The van der Waals surface area contributed by atoms with Crippen LogP contribution < -0.4 is 10.0 Å². The average molecular weight is 305 g/mol. The second kappa shape index (κ2) is 7.19. The van der Waals surface area contributed by atoms with Crippen LogP contribution in [0.4, 0.5) is 5.69 Å². The summed E-state index contributed by atoms with van der Waals surface area (Å²) in [6.07, 6.45) is 4.08. The van der Waals surface area contributed by atoms with Crippen LogP contribution >= 0.6 is 0 Å². The fourth-order valence-corrected chi connectivity index (χ4v) is 3.23. The molecule has 21 heavy (non-hydrogen) atoms. The van der Waals surface area contributed by atoms with Gasteiger partial charge in [0.05, 0.1) is 16.8 Å². The van der Waals surface area contributed by atoms with E-state index in [1.54, 1.807) is 30.5 Å². The summed E-state index contributed by atoms with van der Waals surface area (Å²) in [5, 5.41) is 3.22. The number of hydrogen-bond donors (Lipinski definition) is 2. The molecule has 1 aromatic heterocycles. The minimum atomic E-state index is -3.61. The number of sulfonamides is 1. The van der Waals surface area contributed by atoms with Gasteiger partial charge in [-0.2, -0.15) is 0 Å². The Hall–Kier alpha value is -1.92. The predicted octanol–water partition coefficient (Wildman–Crippen LogP) is 2.38. The Balaban J connectivity index is 2.23. The van der Waals surface area contributed by atoms with Crippen LogP contribution in [0, 0.1) is 0 Å². The topological polar surface area (TPSA) is 71.1 Å². The van der Waals surface area contributed by atoms with Gasteiger partial charge in [0.25, 0.3) is 10.0 Å². The number of aromatic nitrogens is 1. The zero-order chi connectivity index (χ0) is 15.1. The number of hydrogen-bond acceptors (Lipinski definition) is 4. The van der Waals surface area contributed by atoms with Crippen LogP contribution in [0.2, 0.25) is 0 Å². The van der Waals surface area contributed by atoms with E-state index in [1.165, 1.54) is 6.20 Å². The van der Waals surface area contributed by atoms with Gasteiger partial charge in [-0.15, -0.1) is 0 Å². The molecule has 0 aliphatic rings. The highest BCUT2D eigenvalue weighted by Gasteiger charge is 2.17. The molecule has 5 nitrogen and oxygen atoms in total. The molecule has 2 N–H and O–H groups in total. The molecule has 0 aliphatic heterocycles. The first kappa shape index (κ1) is 15.5. The number of anilines is 1. The second-order valence-electron chi connectivity index (χ2n) is 4.63. The number of benzene rings is 1. The van der Waals surface area contributed by atoms with Crippen molar-refractivity contribution in [2.45, 2.75) is 24.8 Å². The lowest BCUT2D eigenvalue weighted by atomic mass is 10.2. The first-order chi connectivity index (χ1) is 10.1. The van der Waals surface area contributed by atoms with Crippen molar-refractivity contribution in [1.82, 2.24) is 10.3 Å². The van der Waals surface area contributed by atoms with E-state index in [0.717, 1.165) is 18.5 Å². The van der Waals surface area contributed by atoms with E-state index in [1.807, 2.05) is 12.1 Å². The normalized spacial score (nSPS) is 11.3. The molecule has 0 saturated heterocycles. The van der Waals surface area contributed by atoms with Crippen LogP contribution in [0.25, 0.3) is 0 Å². The molecule has 2 rings (SSSR count). The molecule has 2 aromatic rings. The van der Waals surface area contributed by atoms with E-state index in [-0.39, 0.29) is 4.90 Å². The summed E-state index contributed by atoms with van der Waals surface area (Å²) in [5.41, 5.74) is 1.20. The van der Waals surface area contributed by atoms with Gasteiger partial charge in [0.1, 0.15) is 0 Å². The molecule has 1 heterocycles. The molecule has 0 bridgehead atoms. The van der Waals surface area contributed by atoms with Crippen molar-refractivity contribution in [2.24, 2.45) is 0 Å². The van der Waals surface area contributed by atoms with Crippen molar-refractivity contribution in [3.8, 4) is 0 Å². The predicted molar refractivity (Wildman–Crippen MR) is 83.5 cm³/mol. The maximum absolute atomic E-state index is 12.5. The van der Waals surface area contributed by atoms with Crippen LogP contribution in [-0.4, -0.2) is 19.9 Å². The van der Waals surface area contributed by atoms with Crippen molar-refractivity contribution in [2.75, 3.05) is 11.3 Å². The Morgan fingerprint density at radius 3 is 2.67 bits per heavy atom. The minimum absolute atomic E-state index is 0.289. The van der Waals surface area contributed by atoms with Gasteiger partial charge < -0.3 is 5.32 Å². The third-order valence-electron chi connectivity index (χ3n) is 2.92. The number of nitrogens with zero attached hydrogens (tertiary/aromatic N) is 1. The van der Waals surface area contributed by atoms with Gasteiger partial charge in [-0.1, -0.05) is 25.1 Å². The molecule has 0 fully saturated rings. The molecular formula is C15H19N3O2S. The average Bonchev–Trinajstić information content (AvgIpc) is 2.48. The Bertz CT molecular complexity index is 672. The molecule has 1 aromatic carbocycles. The number of nitrogens with one attached hydrogen (secondary N) is 2. The lowest BCUT2D eigenvalue weighted by Gasteiger charge is -2.12. The summed E-state index contributed by atoms with van der Waals surface area (Å²) in [7, 11) is -3.61. The molecule has 0 saturated carbocycles. The Labute approximate surface area is 125 Å². The van der Waals surface area contributed by atoms with Crippen LogP contribution in [0.5, 0.6) is 0 Å². The smallest absolute Gasteiger partial charge is 0.262 e. The molecule has 0 unspecified atom stereocenters. The van der Waals surface area contributed by atoms with E-state index in [4.69, 9.17) is 0 Å². The molecule has 0 atom stereocenters. The van der Waals surface area contributed by atoms with E-state index in [2.05, 4.69) is 21.9 Å². The SMILES string of the molecule is CCCNCc1ccccc1S(=O)(=O)Nc1cccnc1. The fraction of sp³-hybridized carbons (Fsp3) is 0.267. The molecule has 6 heteroatoms. The molecule has 0 aliphatic carbocycles. The van der Waals surface area contributed by atoms with Crippen molar-refractivity contribution in [3.05, 3.63) is 54.4 Å². The summed E-state index contributed by atoms with van der Waals surface area (Å²) in [6.45, 7) is 3.45. The van der Waals surface area contributed by atoms with Gasteiger partial charge in [0.15, 0.2) is 0 Å². The van der Waals surface area contributed by atoms with Gasteiger partial charge in [-0.3, -0.25) is 9.71 Å². The first-order valence-corrected chi connectivity index (χ1v) is 8.33. The van der Waals surface area contributed by atoms with Crippen LogP contribution in [-0.2, 0) is 16.6 Å². The second-order valence-corrected chi connectivity index (χ2v) is 6.28. The first-order valence-electron chi connectivity index (χ1n) is 6.85. The lowest BCUT2D eigenvalue weighted by molar-refractivity contribution is 0.597. The summed E-state index contributed by atoms with van der Waals surface area (Å²) in [4.78, 5) is 4.20. The van der Waals surface area contributed by atoms with Gasteiger partial charge in [0, 0.05) is 12.7 Å². The van der Waals surface area contributed by atoms with E-state index < -0.39 is 10.0 Å². The largest absolute Gasteiger partial charge is 0.313 e. The monoisotopic (exact) mass is 305 g/mol. The third-order valence-corrected chi connectivity index (χ3v) is 4.40. The molecule has 112 valence electrons. The summed E-state index contributed by atoms with van der Waals surface area (Å²) < 4.78 is 27.5. The maximum Gasteiger partial charge on any atom is 0.262 e. The zero-order valence-corrected chi connectivity index (χ0v) is 12.7. The van der Waals surface area contributed by atoms with E-state index in [9.17, 15) is 8.42 Å². The maximum atomic E-state index is 12.5. The van der Waals surface area contributed by atoms with Gasteiger partial charge in [-0.05, 0) is 36.7 Å². The van der Waals surface area contributed by atoms with Crippen molar-refractivity contribution < 1.29 is 8.42 Å². The molecule has 0 amide bonds. The summed E-state index contributed by atoms with van der Waals surface area (Å²) >= 11 is 0. The molecule has 0 radical (unpaired) electrons. The van der Waals surface area contributed by atoms with Crippen LogP contribution in [0.3, 0.4) is 0 Å². The zero-order valence-electron chi connectivity index (χ0n) is 11.9. The minimum Gasteiger partial charge on any atom is -0.313 e. The highest BCUT2D eigenvalue weighted by atomic mass is 32.2.